The van der Waals surface area contributed by atoms with Crippen LogP contribution in [0.25, 0.3) is 11.3 Å². The standard InChI is InChI=1S/C14H18N4/c1-9-11(10-6-5-7-16-8-10)17-13(14(2,3)4)18-12(9)15/h5-8H,1-4H3,(H2,15,17,18). The first-order valence-corrected chi connectivity index (χ1v) is 5.94. The Balaban J connectivity index is 2.64. The summed E-state index contributed by atoms with van der Waals surface area (Å²) in [7, 11) is 0. The van der Waals surface area contributed by atoms with Gasteiger partial charge >= 0.3 is 0 Å². The van der Waals surface area contributed by atoms with Crippen molar-refractivity contribution in [3.05, 3.63) is 35.9 Å². The lowest BCUT2D eigenvalue weighted by Crippen LogP contribution is -2.18. The Morgan fingerprint density at radius 1 is 1.17 bits per heavy atom. The monoisotopic (exact) mass is 242 g/mol. The average molecular weight is 242 g/mol. The van der Waals surface area contributed by atoms with Crippen molar-refractivity contribution in [1.82, 2.24) is 15.0 Å². The number of nitrogen functional groups attached to an aromatic ring is 1. The summed E-state index contributed by atoms with van der Waals surface area (Å²) in [5.74, 6) is 1.29. The molecule has 4 heteroatoms. The smallest absolute Gasteiger partial charge is 0.136 e. The molecule has 0 aromatic carbocycles. The minimum absolute atomic E-state index is 0.126. The predicted molar refractivity (Wildman–Crippen MR) is 73.1 cm³/mol. The van der Waals surface area contributed by atoms with Crippen LogP contribution in [0.15, 0.2) is 24.5 Å². The molecule has 0 aliphatic heterocycles. The quantitative estimate of drug-likeness (QED) is 0.835. The highest BCUT2D eigenvalue weighted by Gasteiger charge is 2.20. The molecule has 0 spiro atoms. The fourth-order valence-electron chi connectivity index (χ4n) is 1.65. The molecular weight excluding hydrogens is 224 g/mol. The van der Waals surface area contributed by atoms with E-state index in [4.69, 9.17) is 5.73 Å². The second kappa shape index (κ2) is 4.37. The summed E-state index contributed by atoms with van der Waals surface area (Å²) in [6.07, 6.45) is 3.54. The Morgan fingerprint density at radius 3 is 2.44 bits per heavy atom. The van der Waals surface area contributed by atoms with Crippen LogP contribution in [0.5, 0.6) is 0 Å². The number of pyridine rings is 1. The molecule has 4 nitrogen and oxygen atoms in total. The Morgan fingerprint density at radius 2 is 1.89 bits per heavy atom. The van der Waals surface area contributed by atoms with E-state index in [-0.39, 0.29) is 5.41 Å². The molecular formula is C14H18N4. The zero-order chi connectivity index (χ0) is 13.3. The lowest BCUT2D eigenvalue weighted by atomic mass is 9.95. The molecule has 0 bridgehead atoms. The maximum atomic E-state index is 5.98. The maximum absolute atomic E-state index is 5.98. The third-order valence-corrected chi connectivity index (χ3v) is 2.79. The largest absolute Gasteiger partial charge is 0.383 e. The summed E-state index contributed by atoms with van der Waals surface area (Å²) in [6, 6.07) is 3.87. The second-order valence-corrected chi connectivity index (χ2v) is 5.40. The summed E-state index contributed by atoms with van der Waals surface area (Å²) in [6.45, 7) is 8.16. The normalized spacial score (nSPS) is 11.6. The number of nitrogens with two attached hydrogens (primary N) is 1. The lowest BCUT2D eigenvalue weighted by Gasteiger charge is -2.19. The zero-order valence-corrected chi connectivity index (χ0v) is 11.2. The van der Waals surface area contributed by atoms with Crippen molar-refractivity contribution in [3.8, 4) is 11.3 Å². The summed E-state index contributed by atoms with van der Waals surface area (Å²) in [4.78, 5) is 13.1. The molecule has 94 valence electrons. The SMILES string of the molecule is Cc1c(N)nc(C(C)(C)C)nc1-c1cccnc1. The molecule has 2 aromatic heterocycles. The summed E-state index contributed by atoms with van der Waals surface area (Å²) in [5.41, 5.74) is 8.59. The van der Waals surface area contributed by atoms with E-state index in [9.17, 15) is 0 Å². The molecule has 2 N–H and O–H groups in total. The average Bonchev–Trinajstić information content (AvgIpc) is 2.32. The van der Waals surface area contributed by atoms with Gasteiger partial charge in [-0.2, -0.15) is 0 Å². The van der Waals surface area contributed by atoms with Crippen LogP contribution in [0.3, 0.4) is 0 Å². The van der Waals surface area contributed by atoms with Crippen molar-refractivity contribution in [2.75, 3.05) is 5.73 Å². The molecule has 0 saturated heterocycles. The van der Waals surface area contributed by atoms with E-state index < -0.39 is 0 Å². The van der Waals surface area contributed by atoms with Crippen LogP contribution in [-0.2, 0) is 5.41 Å². The molecule has 0 aliphatic rings. The van der Waals surface area contributed by atoms with E-state index in [0.717, 1.165) is 22.6 Å². The van der Waals surface area contributed by atoms with Gasteiger partial charge < -0.3 is 5.73 Å². The van der Waals surface area contributed by atoms with E-state index in [1.807, 2.05) is 19.1 Å². The van der Waals surface area contributed by atoms with Gasteiger partial charge in [0.1, 0.15) is 11.6 Å². The number of anilines is 1. The highest BCUT2D eigenvalue weighted by atomic mass is 15.0. The minimum Gasteiger partial charge on any atom is -0.383 e. The summed E-state index contributed by atoms with van der Waals surface area (Å²) >= 11 is 0. The van der Waals surface area contributed by atoms with Crippen molar-refractivity contribution >= 4 is 5.82 Å². The van der Waals surface area contributed by atoms with Gasteiger partial charge in [0.15, 0.2) is 0 Å². The van der Waals surface area contributed by atoms with E-state index >= 15 is 0 Å². The van der Waals surface area contributed by atoms with Gasteiger partial charge in [-0.05, 0) is 19.1 Å². The van der Waals surface area contributed by atoms with E-state index in [2.05, 4.69) is 35.7 Å². The molecule has 0 radical (unpaired) electrons. The first-order valence-electron chi connectivity index (χ1n) is 5.94. The zero-order valence-electron chi connectivity index (χ0n) is 11.2. The minimum atomic E-state index is -0.126. The van der Waals surface area contributed by atoms with Gasteiger partial charge in [-0.3, -0.25) is 4.98 Å². The molecule has 0 atom stereocenters. The first kappa shape index (κ1) is 12.5. The molecule has 0 saturated carbocycles. The Labute approximate surface area is 107 Å². The number of aromatic nitrogens is 3. The van der Waals surface area contributed by atoms with Crippen LogP contribution < -0.4 is 5.73 Å². The Bertz CT molecular complexity index is 556. The molecule has 0 fully saturated rings. The molecule has 0 amide bonds. The van der Waals surface area contributed by atoms with Gasteiger partial charge in [-0.15, -0.1) is 0 Å². The molecule has 0 aliphatic carbocycles. The van der Waals surface area contributed by atoms with Crippen molar-refractivity contribution in [3.63, 3.8) is 0 Å². The van der Waals surface area contributed by atoms with E-state index in [1.165, 1.54) is 0 Å². The molecule has 18 heavy (non-hydrogen) atoms. The second-order valence-electron chi connectivity index (χ2n) is 5.40. The van der Waals surface area contributed by atoms with Gasteiger partial charge in [0.25, 0.3) is 0 Å². The van der Waals surface area contributed by atoms with Gasteiger partial charge in [-0.25, -0.2) is 9.97 Å². The van der Waals surface area contributed by atoms with Crippen molar-refractivity contribution in [1.29, 1.82) is 0 Å². The predicted octanol–water partition coefficient (Wildman–Crippen LogP) is 2.73. The van der Waals surface area contributed by atoms with Gasteiger partial charge in [0.05, 0.1) is 5.69 Å². The fourth-order valence-corrected chi connectivity index (χ4v) is 1.65. The molecule has 2 rings (SSSR count). The third-order valence-electron chi connectivity index (χ3n) is 2.79. The molecule has 2 aromatic rings. The van der Waals surface area contributed by atoms with Crippen molar-refractivity contribution < 1.29 is 0 Å². The first-order chi connectivity index (χ1) is 8.39. The van der Waals surface area contributed by atoms with Crippen LogP contribution >= 0.6 is 0 Å². The van der Waals surface area contributed by atoms with Crippen LogP contribution in [-0.4, -0.2) is 15.0 Å². The maximum Gasteiger partial charge on any atom is 0.136 e. The fraction of sp³-hybridized carbons (Fsp3) is 0.357. The number of nitrogens with zero attached hydrogens (tertiary/aromatic N) is 3. The van der Waals surface area contributed by atoms with E-state index in [1.54, 1.807) is 12.4 Å². The highest BCUT2D eigenvalue weighted by Crippen LogP contribution is 2.27. The van der Waals surface area contributed by atoms with Crippen molar-refractivity contribution in [2.24, 2.45) is 0 Å². The summed E-state index contributed by atoms with van der Waals surface area (Å²) in [5, 5.41) is 0. The Hall–Kier alpha value is -1.97. The van der Waals surface area contributed by atoms with Crippen LogP contribution in [0.1, 0.15) is 32.2 Å². The highest BCUT2D eigenvalue weighted by molar-refractivity contribution is 5.66. The lowest BCUT2D eigenvalue weighted by molar-refractivity contribution is 0.546. The molecule has 2 heterocycles. The number of rotatable bonds is 1. The van der Waals surface area contributed by atoms with Crippen LogP contribution in [0.4, 0.5) is 5.82 Å². The Kier molecular flexibility index (Phi) is 3.03. The van der Waals surface area contributed by atoms with Gasteiger partial charge in [-0.1, -0.05) is 20.8 Å². The molecule has 0 unspecified atom stereocenters. The third kappa shape index (κ3) is 2.32. The topological polar surface area (TPSA) is 64.7 Å². The summed E-state index contributed by atoms with van der Waals surface area (Å²) < 4.78 is 0. The number of hydrogen-bond acceptors (Lipinski definition) is 4. The van der Waals surface area contributed by atoms with Crippen LogP contribution in [0.2, 0.25) is 0 Å². The van der Waals surface area contributed by atoms with Crippen LogP contribution in [0, 0.1) is 6.92 Å². The van der Waals surface area contributed by atoms with Gasteiger partial charge in [0, 0.05) is 28.9 Å². The van der Waals surface area contributed by atoms with E-state index in [0.29, 0.717) is 5.82 Å². The van der Waals surface area contributed by atoms with Gasteiger partial charge in [0.2, 0.25) is 0 Å². The number of hydrogen-bond donors (Lipinski definition) is 1. The van der Waals surface area contributed by atoms with Crippen molar-refractivity contribution in [2.45, 2.75) is 33.1 Å².